The number of allylic oxidation sites excluding steroid dienone is 1. The number of fused-ring (bicyclic) bond motifs is 3. The van der Waals surface area contributed by atoms with E-state index >= 15 is 0 Å². The normalized spacial score (nSPS) is 49.5. The van der Waals surface area contributed by atoms with Crippen molar-refractivity contribution in [3.63, 3.8) is 0 Å². The highest BCUT2D eigenvalue weighted by Crippen LogP contribution is 2.64. The molecule has 11 atom stereocenters. The maximum atomic E-state index is 10.5. The van der Waals surface area contributed by atoms with Gasteiger partial charge in [0.1, 0.15) is 24.4 Å². The summed E-state index contributed by atoms with van der Waals surface area (Å²) in [5, 5.41) is 60.2. The van der Waals surface area contributed by atoms with Crippen LogP contribution in [0.4, 0.5) is 0 Å². The van der Waals surface area contributed by atoms with Gasteiger partial charge in [0.15, 0.2) is 6.29 Å². The summed E-state index contributed by atoms with van der Waals surface area (Å²) in [6, 6.07) is 0. The Kier molecular flexibility index (Phi) is 7.30. The van der Waals surface area contributed by atoms with Crippen molar-refractivity contribution in [2.45, 2.75) is 109 Å². The van der Waals surface area contributed by atoms with Gasteiger partial charge in [-0.05, 0) is 61.2 Å². The molecule has 0 spiro atoms. The van der Waals surface area contributed by atoms with Crippen molar-refractivity contribution in [2.24, 2.45) is 28.1 Å². The second kappa shape index (κ2) is 9.38. The molecule has 1 aliphatic heterocycles. The van der Waals surface area contributed by atoms with Crippen LogP contribution in [-0.4, -0.2) is 86.8 Å². The van der Waals surface area contributed by atoms with Gasteiger partial charge in [0, 0.05) is 5.41 Å². The zero-order valence-corrected chi connectivity index (χ0v) is 20.9. The van der Waals surface area contributed by atoms with Gasteiger partial charge in [-0.15, -0.1) is 0 Å². The van der Waals surface area contributed by atoms with Gasteiger partial charge < -0.3 is 40.1 Å². The molecule has 4 aliphatic rings. The zero-order chi connectivity index (χ0) is 25.1. The van der Waals surface area contributed by atoms with Gasteiger partial charge >= 0.3 is 0 Å². The van der Waals surface area contributed by atoms with E-state index in [0.717, 1.165) is 38.5 Å². The first kappa shape index (κ1) is 26.5. The highest BCUT2D eigenvalue weighted by molar-refractivity contribution is 5.25. The molecule has 0 radical (unpaired) electrons. The average molecular weight is 485 g/mol. The van der Waals surface area contributed by atoms with Crippen LogP contribution in [0.3, 0.4) is 0 Å². The van der Waals surface area contributed by atoms with Gasteiger partial charge in [0.25, 0.3) is 0 Å². The number of ether oxygens (including phenoxy) is 2. The van der Waals surface area contributed by atoms with E-state index < -0.39 is 43.4 Å². The molecule has 0 aromatic carbocycles. The minimum Gasteiger partial charge on any atom is -0.394 e. The fraction of sp³-hybridized carbons (Fsp3) is 0.923. The molecular formula is C26H44O8. The Labute approximate surface area is 202 Å². The zero-order valence-electron chi connectivity index (χ0n) is 20.9. The van der Waals surface area contributed by atoms with Crippen molar-refractivity contribution in [1.82, 2.24) is 0 Å². The van der Waals surface area contributed by atoms with Crippen LogP contribution in [0.2, 0.25) is 0 Å². The van der Waals surface area contributed by atoms with Gasteiger partial charge in [0.2, 0.25) is 0 Å². The highest BCUT2D eigenvalue weighted by atomic mass is 16.7. The lowest BCUT2D eigenvalue weighted by Crippen LogP contribution is -2.62. The first-order chi connectivity index (χ1) is 15.9. The molecule has 0 bridgehead atoms. The lowest BCUT2D eigenvalue weighted by molar-refractivity contribution is -0.327. The summed E-state index contributed by atoms with van der Waals surface area (Å²) in [6.07, 6.45) is 0.468. The predicted octanol–water partition coefficient (Wildman–Crippen LogP) is 1.10. The second-order valence-electron chi connectivity index (χ2n) is 12.3. The minimum atomic E-state index is -1.44. The number of hydrogen-bond acceptors (Lipinski definition) is 8. The van der Waals surface area contributed by atoms with E-state index in [0.29, 0.717) is 11.8 Å². The van der Waals surface area contributed by atoms with Gasteiger partial charge in [-0.25, -0.2) is 0 Å². The van der Waals surface area contributed by atoms with Crippen LogP contribution in [0.25, 0.3) is 0 Å². The molecule has 0 aromatic heterocycles. The molecule has 3 aliphatic carbocycles. The number of hydrogen-bond donors (Lipinski definition) is 6. The van der Waals surface area contributed by atoms with Crippen LogP contribution in [0.5, 0.6) is 0 Å². The van der Waals surface area contributed by atoms with Crippen LogP contribution in [-0.2, 0) is 9.47 Å². The number of aliphatic hydroxyl groups is 6. The molecule has 8 heteroatoms. The maximum Gasteiger partial charge on any atom is 0.186 e. The Hall–Kier alpha value is -0.580. The fourth-order valence-electron chi connectivity index (χ4n) is 7.79. The minimum absolute atomic E-state index is 0.0777. The number of aliphatic hydroxyl groups excluding tert-OH is 6. The fourth-order valence-corrected chi connectivity index (χ4v) is 7.79. The van der Waals surface area contributed by atoms with Crippen LogP contribution in [0.1, 0.15) is 66.2 Å². The van der Waals surface area contributed by atoms with Crippen LogP contribution in [0, 0.1) is 28.1 Å². The predicted molar refractivity (Wildman–Crippen MR) is 124 cm³/mol. The van der Waals surface area contributed by atoms with Crippen molar-refractivity contribution >= 4 is 0 Å². The molecular weight excluding hydrogens is 440 g/mol. The van der Waals surface area contributed by atoms with E-state index in [2.05, 4.69) is 26.8 Å². The third-order valence-corrected chi connectivity index (χ3v) is 10.0. The smallest absolute Gasteiger partial charge is 0.186 e. The monoisotopic (exact) mass is 484 g/mol. The molecule has 34 heavy (non-hydrogen) atoms. The Morgan fingerprint density at radius 2 is 1.71 bits per heavy atom. The van der Waals surface area contributed by atoms with Crippen molar-refractivity contribution < 1.29 is 40.1 Å². The maximum absolute atomic E-state index is 10.5. The molecule has 6 N–H and O–H groups in total. The Morgan fingerprint density at radius 3 is 2.35 bits per heavy atom. The summed E-state index contributed by atoms with van der Waals surface area (Å²) in [5.41, 5.74) is 0.879. The summed E-state index contributed by atoms with van der Waals surface area (Å²) < 4.78 is 11.9. The third kappa shape index (κ3) is 4.18. The van der Waals surface area contributed by atoms with Gasteiger partial charge in [0.05, 0.1) is 25.4 Å². The first-order valence-electron chi connectivity index (χ1n) is 12.9. The summed E-state index contributed by atoms with van der Waals surface area (Å²) in [4.78, 5) is 0. The van der Waals surface area contributed by atoms with Gasteiger partial charge in [-0.1, -0.05) is 39.3 Å². The van der Waals surface area contributed by atoms with Crippen LogP contribution < -0.4 is 0 Å². The van der Waals surface area contributed by atoms with Crippen molar-refractivity contribution in [1.29, 1.82) is 0 Å². The molecule has 1 saturated heterocycles. The number of rotatable bonds is 5. The quantitative estimate of drug-likeness (QED) is 0.252. The van der Waals surface area contributed by atoms with E-state index in [1.807, 2.05) is 6.92 Å². The topological polar surface area (TPSA) is 140 Å². The molecule has 4 rings (SSSR count). The van der Waals surface area contributed by atoms with Crippen molar-refractivity contribution in [2.75, 3.05) is 13.2 Å². The SMILES string of the molecule is CC1(C(O)CO)C=C2CCC3C(C)(C)C(O[C@@H]4O[C@H](CO)[C@@H](O)[C@H](O)[C@H]4O)CCC3(C)C2CC1. The molecule has 6 unspecified atom stereocenters. The van der Waals surface area contributed by atoms with E-state index in [-0.39, 0.29) is 29.0 Å². The lowest BCUT2D eigenvalue weighted by Gasteiger charge is -2.62. The van der Waals surface area contributed by atoms with Crippen molar-refractivity contribution in [3.05, 3.63) is 11.6 Å². The van der Waals surface area contributed by atoms with Crippen LogP contribution >= 0.6 is 0 Å². The molecule has 1 heterocycles. The molecule has 2 saturated carbocycles. The molecule has 3 fully saturated rings. The van der Waals surface area contributed by atoms with E-state index in [4.69, 9.17) is 9.47 Å². The largest absolute Gasteiger partial charge is 0.394 e. The van der Waals surface area contributed by atoms with Crippen LogP contribution in [0.15, 0.2) is 11.6 Å². The highest BCUT2D eigenvalue weighted by Gasteiger charge is 2.59. The summed E-state index contributed by atoms with van der Waals surface area (Å²) in [5.74, 6) is 0.801. The lowest BCUT2D eigenvalue weighted by atomic mass is 9.45. The molecule has 196 valence electrons. The molecule has 0 amide bonds. The second-order valence-corrected chi connectivity index (χ2v) is 12.3. The van der Waals surface area contributed by atoms with E-state index in [1.165, 1.54) is 5.57 Å². The summed E-state index contributed by atoms with van der Waals surface area (Å²) in [6.45, 7) is 8.14. The summed E-state index contributed by atoms with van der Waals surface area (Å²) >= 11 is 0. The van der Waals surface area contributed by atoms with E-state index in [1.54, 1.807) is 0 Å². The van der Waals surface area contributed by atoms with Gasteiger partial charge in [-0.3, -0.25) is 0 Å². The summed E-state index contributed by atoms with van der Waals surface area (Å²) in [7, 11) is 0. The molecule has 8 nitrogen and oxygen atoms in total. The Morgan fingerprint density at radius 1 is 1.00 bits per heavy atom. The Bertz CT molecular complexity index is 768. The Balaban J connectivity index is 1.53. The van der Waals surface area contributed by atoms with E-state index in [9.17, 15) is 30.6 Å². The standard InChI is InChI=1S/C26H44O8/c1-24(2)17-6-5-14-11-25(3,18(29)13-28)9-7-15(14)26(17,4)10-8-19(24)34-23-22(32)21(31)20(30)16(12-27)33-23/h11,15-23,27-32H,5-10,12-13H2,1-4H3/t15?,16-,17?,18?,19?,20-,21+,22-,23+,25?,26?/m1/s1. The third-order valence-electron chi connectivity index (χ3n) is 10.0. The van der Waals surface area contributed by atoms with Gasteiger partial charge in [-0.2, -0.15) is 0 Å². The first-order valence-corrected chi connectivity index (χ1v) is 12.9. The van der Waals surface area contributed by atoms with Crippen molar-refractivity contribution in [3.8, 4) is 0 Å². The average Bonchev–Trinajstić information content (AvgIpc) is 2.80. The molecule has 0 aromatic rings.